The van der Waals surface area contributed by atoms with Crippen LogP contribution in [0.2, 0.25) is 0 Å². The number of ketones is 1. The topological polar surface area (TPSA) is 99.4 Å². The predicted molar refractivity (Wildman–Crippen MR) is 101 cm³/mol. The van der Waals surface area contributed by atoms with E-state index in [1.54, 1.807) is 0 Å². The van der Waals surface area contributed by atoms with Crippen LogP contribution in [0.1, 0.15) is 18.2 Å². The minimum atomic E-state index is -4.87. The molecule has 1 aromatic carbocycles. The molecule has 0 fully saturated rings. The summed E-state index contributed by atoms with van der Waals surface area (Å²) >= 11 is 5.86. The minimum Gasteiger partial charge on any atom is -0.297 e. The van der Waals surface area contributed by atoms with Crippen molar-refractivity contribution >= 4 is 29.4 Å². The van der Waals surface area contributed by atoms with E-state index in [0.29, 0.717) is 15.2 Å². The summed E-state index contributed by atoms with van der Waals surface area (Å²) in [5.74, 6) is -1.18. The van der Waals surface area contributed by atoms with Gasteiger partial charge in [-0.1, -0.05) is 23.7 Å². The maximum absolute atomic E-state index is 13.0. The zero-order valence-corrected chi connectivity index (χ0v) is 16.4. The molecule has 0 saturated heterocycles. The zero-order valence-electron chi connectivity index (χ0n) is 15.6. The summed E-state index contributed by atoms with van der Waals surface area (Å²) in [4.78, 5) is 51.7. The molecular formula is C18H15ClF3N3O5. The van der Waals surface area contributed by atoms with Gasteiger partial charge < -0.3 is 0 Å². The highest BCUT2D eigenvalue weighted by molar-refractivity contribution is 6.44. The number of hydrogen-bond donors (Lipinski definition) is 1. The fraction of sp³-hybridized carbons (Fsp3) is 0.222. The third-order valence-corrected chi connectivity index (χ3v) is 3.97. The molecule has 0 aliphatic carbocycles. The Kier molecular flexibility index (Phi) is 7.00. The Bertz CT molecular complexity index is 1140. The number of halogens is 4. The van der Waals surface area contributed by atoms with Crippen LogP contribution in [0.4, 0.5) is 13.2 Å². The summed E-state index contributed by atoms with van der Waals surface area (Å²) in [5, 5.41) is -0.344. The van der Waals surface area contributed by atoms with Crippen molar-refractivity contribution in [2.24, 2.45) is 7.05 Å². The number of carbonyl (C=O) groups excluding carboxylic acids is 2. The van der Waals surface area contributed by atoms with Gasteiger partial charge in [-0.05, 0) is 30.7 Å². The molecule has 1 aromatic heterocycles. The number of benzene rings is 1. The summed E-state index contributed by atoms with van der Waals surface area (Å²) < 4.78 is 39.8. The van der Waals surface area contributed by atoms with Crippen molar-refractivity contribution in [1.29, 1.82) is 0 Å². The van der Waals surface area contributed by atoms with Gasteiger partial charge in [0, 0.05) is 13.1 Å². The lowest BCUT2D eigenvalue weighted by atomic mass is 10.2. The lowest BCUT2D eigenvalue weighted by Gasteiger charge is -2.14. The monoisotopic (exact) mass is 445 g/mol. The van der Waals surface area contributed by atoms with Crippen LogP contribution in [0.3, 0.4) is 0 Å². The number of nitrogens with zero attached hydrogens (tertiary/aromatic N) is 2. The first kappa shape index (κ1) is 23.1. The van der Waals surface area contributed by atoms with Gasteiger partial charge in [-0.15, -0.1) is 0 Å². The van der Waals surface area contributed by atoms with E-state index in [4.69, 9.17) is 11.6 Å². The number of carbonyl (C=O) groups is 2. The molecule has 0 atom stereocenters. The van der Waals surface area contributed by atoms with Gasteiger partial charge in [0.15, 0.2) is 5.78 Å². The quantitative estimate of drug-likeness (QED) is 0.539. The fourth-order valence-electron chi connectivity index (χ4n) is 2.35. The Morgan fingerprint density at radius 2 is 1.90 bits per heavy atom. The number of Topliss-reactive ketones (excluding diaryl/α,β-unsaturated/α-hetero) is 1. The Hall–Kier alpha value is -3.18. The average Bonchev–Trinajstić information content (AvgIpc) is 2.63. The Morgan fingerprint density at radius 3 is 2.50 bits per heavy atom. The smallest absolute Gasteiger partial charge is 0.297 e. The zero-order chi connectivity index (χ0) is 22.6. The summed E-state index contributed by atoms with van der Waals surface area (Å²) in [5.41, 5.74) is -1.55. The van der Waals surface area contributed by atoms with Crippen molar-refractivity contribution in [1.82, 2.24) is 14.6 Å². The van der Waals surface area contributed by atoms with Crippen LogP contribution in [-0.4, -0.2) is 27.4 Å². The molecule has 0 aliphatic rings. The molecule has 0 saturated carbocycles. The molecule has 0 aliphatic heterocycles. The van der Waals surface area contributed by atoms with Crippen molar-refractivity contribution < 1.29 is 27.6 Å². The fourth-order valence-corrected chi connectivity index (χ4v) is 2.52. The first-order valence-electron chi connectivity index (χ1n) is 8.21. The first-order chi connectivity index (χ1) is 13.9. The third-order valence-electron chi connectivity index (χ3n) is 3.69. The van der Waals surface area contributed by atoms with Gasteiger partial charge in [-0.3, -0.25) is 23.8 Å². The highest BCUT2D eigenvalue weighted by Gasteiger charge is 2.35. The molecule has 0 spiro atoms. The van der Waals surface area contributed by atoms with E-state index in [9.17, 15) is 32.3 Å². The van der Waals surface area contributed by atoms with Crippen LogP contribution in [0.5, 0.6) is 0 Å². The highest BCUT2D eigenvalue weighted by atomic mass is 35.5. The van der Waals surface area contributed by atoms with Gasteiger partial charge in [-0.25, -0.2) is 14.8 Å². The normalized spacial score (nSPS) is 12.0. The molecule has 1 heterocycles. The number of aromatic nitrogens is 2. The van der Waals surface area contributed by atoms with Crippen molar-refractivity contribution in [3.63, 3.8) is 0 Å². The van der Waals surface area contributed by atoms with Crippen LogP contribution < -0.4 is 16.7 Å². The average molecular weight is 446 g/mol. The maximum atomic E-state index is 13.0. The number of hydrogen-bond acceptors (Lipinski definition) is 5. The van der Waals surface area contributed by atoms with Crippen LogP contribution in [0, 0.1) is 0 Å². The second-order valence-electron chi connectivity index (χ2n) is 6.05. The van der Waals surface area contributed by atoms with E-state index >= 15 is 0 Å². The van der Waals surface area contributed by atoms with Crippen molar-refractivity contribution in [2.75, 3.05) is 6.61 Å². The molecule has 12 heteroatoms. The summed E-state index contributed by atoms with van der Waals surface area (Å²) in [7, 11) is 0.896. The molecule has 1 amide bonds. The lowest BCUT2D eigenvalue weighted by Crippen LogP contribution is -2.40. The summed E-state index contributed by atoms with van der Waals surface area (Å²) in [6.45, 7) is 0.897. The van der Waals surface area contributed by atoms with Gasteiger partial charge in [0.2, 0.25) is 0 Å². The number of hydroxylamine groups is 1. The number of rotatable bonds is 6. The van der Waals surface area contributed by atoms with E-state index in [-0.39, 0.29) is 28.7 Å². The Balaban J connectivity index is 2.40. The van der Waals surface area contributed by atoms with E-state index in [1.165, 1.54) is 37.3 Å². The summed E-state index contributed by atoms with van der Waals surface area (Å²) in [6.07, 6.45) is -3.70. The lowest BCUT2D eigenvalue weighted by molar-refractivity contribution is -0.144. The summed E-state index contributed by atoms with van der Waals surface area (Å²) in [6, 6.07) is 5.82. The Morgan fingerprint density at radius 1 is 1.23 bits per heavy atom. The minimum absolute atomic E-state index is 0.0271. The van der Waals surface area contributed by atoms with Crippen LogP contribution in [0.15, 0.2) is 45.0 Å². The molecule has 1 N–H and O–H groups in total. The van der Waals surface area contributed by atoms with Gasteiger partial charge in [0.25, 0.3) is 11.5 Å². The molecule has 0 bridgehead atoms. The third kappa shape index (κ3) is 5.45. The molecule has 2 aromatic rings. The molecule has 30 heavy (non-hydrogen) atoms. The number of amides is 1. The van der Waals surface area contributed by atoms with E-state index in [1.807, 2.05) is 5.48 Å². The molecule has 8 nitrogen and oxygen atoms in total. The number of alkyl halides is 3. The van der Waals surface area contributed by atoms with Crippen molar-refractivity contribution in [2.45, 2.75) is 13.1 Å². The molecule has 0 radical (unpaired) electrons. The van der Waals surface area contributed by atoms with Gasteiger partial charge in [0.1, 0.15) is 17.3 Å². The predicted octanol–water partition coefficient (Wildman–Crippen LogP) is 1.77. The molecular weight excluding hydrogens is 431 g/mol. The maximum Gasteiger partial charge on any atom is 0.431 e. The second-order valence-corrected chi connectivity index (χ2v) is 6.46. The van der Waals surface area contributed by atoms with E-state index < -0.39 is 29.0 Å². The van der Waals surface area contributed by atoms with Gasteiger partial charge in [-0.2, -0.15) is 13.2 Å². The van der Waals surface area contributed by atoms with Crippen LogP contribution >= 0.6 is 11.6 Å². The van der Waals surface area contributed by atoms with E-state index in [0.717, 1.165) is 7.05 Å². The SMILES string of the molecule is CC(=O)CONC(=O)C(Cl)=Cc1cccc(-n2c(=O)cc(C(F)(F)F)n(C)c2=O)c1. The van der Waals surface area contributed by atoms with Crippen molar-refractivity contribution in [3.05, 3.63) is 67.5 Å². The van der Waals surface area contributed by atoms with Crippen molar-refractivity contribution in [3.8, 4) is 5.69 Å². The highest BCUT2D eigenvalue weighted by Crippen LogP contribution is 2.27. The molecule has 0 unspecified atom stereocenters. The van der Waals surface area contributed by atoms with Crippen LogP contribution in [-0.2, 0) is 27.7 Å². The molecule has 2 rings (SSSR count). The largest absolute Gasteiger partial charge is 0.431 e. The second kappa shape index (κ2) is 9.09. The first-order valence-corrected chi connectivity index (χ1v) is 8.59. The molecule has 160 valence electrons. The standard InChI is InChI=1S/C18H15ClF3N3O5/c1-10(26)9-30-23-16(28)13(19)7-11-4-3-5-12(6-11)25-15(27)8-14(18(20,21)22)24(2)17(25)29/h3-8H,9H2,1-2H3,(H,23,28). The van der Waals surface area contributed by atoms with Gasteiger partial charge >= 0.3 is 11.9 Å². The Labute approximate surface area is 172 Å². The number of nitrogens with one attached hydrogen (secondary N) is 1. The van der Waals surface area contributed by atoms with Crippen LogP contribution in [0.25, 0.3) is 11.8 Å². The van der Waals surface area contributed by atoms with Gasteiger partial charge in [0.05, 0.1) is 5.69 Å². The van der Waals surface area contributed by atoms with E-state index in [2.05, 4.69) is 4.84 Å².